The topological polar surface area (TPSA) is 97.2 Å². The molecule has 1 saturated carbocycles. The summed E-state index contributed by atoms with van der Waals surface area (Å²) >= 11 is 0. The van der Waals surface area contributed by atoms with Crippen LogP contribution in [0.1, 0.15) is 79.7 Å². The molecule has 10 heteroatoms. The van der Waals surface area contributed by atoms with Crippen LogP contribution in [-0.4, -0.2) is 74.1 Å². The normalized spacial score (nSPS) is 18.7. The average molecular weight is 728 g/mol. The average Bonchev–Trinajstić information content (AvgIpc) is 3.89. The van der Waals surface area contributed by atoms with Gasteiger partial charge in [0.2, 0.25) is 0 Å². The number of nitrogens with zero attached hydrogens (tertiary/aromatic N) is 3. The van der Waals surface area contributed by atoms with E-state index in [-0.39, 0.29) is 36.9 Å². The maximum Gasteiger partial charge on any atom is 0.319 e. The van der Waals surface area contributed by atoms with E-state index in [0.717, 1.165) is 35.6 Å². The first-order valence-corrected chi connectivity index (χ1v) is 20.9. The van der Waals surface area contributed by atoms with Crippen molar-refractivity contribution in [2.45, 2.75) is 96.4 Å². The van der Waals surface area contributed by atoms with Gasteiger partial charge in [0.15, 0.2) is 12.6 Å². The van der Waals surface area contributed by atoms with E-state index in [1.165, 1.54) is 0 Å². The third-order valence-corrected chi connectivity index (χ3v) is 17.7. The van der Waals surface area contributed by atoms with Gasteiger partial charge in [-0.2, -0.15) is 9.97 Å². The summed E-state index contributed by atoms with van der Waals surface area (Å²) < 4.78 is 34.7. The molecule has 0 amide bonds. The standard InChI is InChI=1S/C42H54FN3O5Si/c1-27(2)52(28(3)4,29(5)6)20-15-30-11-9-12-31-21-32(51-26-49-8)22-35(36(30)31)33-13-14-34-38(37(33)43)44-40(50-25-42(24-47)17-18-42)45-39(34)46-19-10-16-41(7,48)23-46/h9,11-14,21-22,27-29,47-48H,10,16-19,23-26H2,1-8H3/t41-/m1/s1. The number of hydrogen-bond acceptors (Lipinski definition) is 8. The quantitative estimate of drug-likeness (QED) is 0.0851. The smallest absolute Gasteiger partial charge is 0.319 e. The molecule has 3 aromatic carbocycles. The number of halogens is 1. The van der Waals surface area contributed by atoms with Gasteiger partial charge in [-0.3, -0.25) is 0 Å². The van der Waals surface area contributed by atoms with Crippen LogP contribution in [0, 0.1) is 22.7 Å². The zero-order valence-electron chi connectivity index (χ0n) is 32.0. The highest BCUT2D eigenvalue weighted by atomic mass is 28.3. The Labute approximate surface area is 308 Å². The molecule has 8 nitrogen and oxygen atoms in total. The third kappa shape index (κ3) is 7.38. The molecular weight excluding hydrogens is 674 g/mol. The van der Waals surface area contributed by atoms with Gasteiger partial charge >= 0.3 is 6.01 Å². The molecule has 52 heavy (non-hydrogen) atoms. The van der Waals surface area contributed by atoms with Crippen molar-refractivity contribution >= 4 is 35.6 Å². The Balaban J connectivity index is 1.57. The molecular formula is C42H54FN3O5Si. The zero-order chi connectivity index (χ0) is 37.4. The number of β-amino-alcohol motifs (C(OH)–C–C–N with tert-alkyl or cyclic N) is 1. The predicted molar refractivity (Wildman–Crippen MR) is 209 cm³/mol. The summed E-state index contributed by atoms with van der Waals surface area (Å²) in [5.41, 5.74) is 5.98. The SMILES string of the molecule is COCOc1cc(-c2ccc3c(N4CCC[C@@](C)(O)C4)nc(OCC4(CO)CC4)nc3c2F)c2c(C#C[Si](C(C)C)(C(C)C)C(C)C)cccc2c1. The molecule has 4 aromatic rings. The van der Waals surface area contributed by atoms with Crippen molar-refractivity contribution in [3.05, 3.63) is 53.8 Å². The molecule has 0 spiro atoms. The molecule has 1 aromatic heterocycles. The number of fused-ring (bicyclic) bond motifs is 2. The summed E-state index contributed by atoms with van der Waals surface area (Å²) in [5.74, 6) is 4.19. The number of ether oxygens (including phenoxy) is 3. The van der Waals surface area contributed by atoms with E-state index in [9.17, 15) is 10.2 Å². The van der Waals surface area contributed by atoms with Crippen LogP contribution in [-0.2, 0) is 4.74 Å². The highest BCUT2D eigenvalue weighted by molar-refractivity contribution is 6.90. The van der Waals surface area contributed by atoms with Crippen LogP contribution >= 0.6 is 0 Å². The first-order chi connectivity index (χ1) is 24.7. The van der Waals surface area contributed by atoms with Crippen molar-refractivity contribution in [3.8, 4) is 34.4 Å². The number of aliphatic hydroxyl groups is 2. The van der Waals surface area contributed by atoms with Crippen molar-refractivity contribution in [1.29, 1.82) is 0 Å². The zero-order valence-corrected chi connectivity index (χ0v) is 33.0. The summed E-state index contributed by atoms with van der Waals surface area (Å²) in [4.78, 5) is 11.4. The van der Waals surface area contributed by atoms with Gasteiger partial charge in [0.1, 0.15) is 25.2 Å². The number of anilines is 1. The second-order valence-electron chi connectivity index (χ2n) is 16.2. The van der Waals surface area contributed by atoms with Crippen molar-refractivity contribution < 1.29 is 28.8 Å². The van der Waals surface area contributed by atoms with Crippen LogP contribution in [0.4, 0.5) is 10.2 Å². The lowest BCUT2D eigenvalue weighted by Crippen LogP contribution is -2.46. The largest absolute Gasteiger partial charge is 0.468 e. The predicted octanol–water partition coefficient (Wildman–Crippen LogP) is 8.64. The minimum atomic E-state index is -2.07. The first kappa shape index (κ1) is 38.0. The summed E-state index contributed by atoms with van der Waals surface area (Å²) in [6.07, 6.45) is 3.14. The highest BCUT2D eigenvalue weighted by Gasteiger charge is 2.44. The molecule has 2 fully saturated rings. The van der Waals surface area contributed by atoms with E-state index >= 15 is 4.39 Å². The van der Waals surface area contributed by atoms with Gasteiger partial charge in [-0.1, -0.05) is 65.7 Å². The molecule has 1 saturated heterocycles. The van der Waals surface area contributed by atoms with Gasteiger partial charge < -0.3 is 29.3 Å². The van der Waals surface area contributed by atoms with Crippen LogP contribution in [0.2, 0.25) is 16.6 Å². The summed E-state index contributed by atoms with van der Waals surface area (Å²) in [5, 5.41) is 23.2. The summed E-state index contributed by atoms with van der Waals surface area (Å²) in [7, 11) is -0.508. The van der Waals surface area contributed by atoms with E-state index in [1.807, 2.05) is 48.2 Å². The van der Waals surface area contributed by atoms with Gasteiger partial charge in [-0.15, -0.1) is 5.54 Å². The fourth-order valence-electron chi connectivity index (χ4n) is 8.32. The van der Waals surface area contributed by atoms with Crippen LogP contribution in [0.25, 0.3) is 32.8 Å². The maximum atomic E-state index is 17.4. The molecule has 2 heterocycles. The summed E-state index contributed by atoms with van der Waals surface area (Å²) in [6.45, 7) is 16.9. The molecule has 1 aliphatic carbocycles. The lowest BCUT2D eigenvalue weighted by molar-refractivity contribution is 0.0447. The molecule has 2 aliphatic rings. The van der Waals surface area contributed by atoms with E-state index < -0.39 is 19.5 Å². The number of benzene rings is 3. The monoisotopic (exact) mass is 727 g/mol. The second kappa shape index (κ2) is 14.9. The van der Waals surface area contributed by atoms with Gasteiger partial charge in [0.25, 0.3) is 0 Å². The molecule has 1 atom stereocenters. The van der Waals surface area contributed by atoms with Crippen LogP contribution < -0.4 is 14.4 Å². The van der Waals surface area contributed by atoms with Crippen LogP contribution in [0.5, 0.6) is 11.8 Å². The highest BCUT2D eigenvalue weighted by Crippen LogP contribution is 2.46. The van der Waals surface area contributed by atoms with Crippen molar-refractivity contribution in [2.24, 2.45) is 5.41 Å². The van der Waals surface area contributed by atoms with Crippen molar-refractivity contribution in [2.75, 3.05) is 45.1 Å². The lowest BCUT2D eigenvalue weighted by Gasteiger charge is -2.38. The molecule has 0 radical (unpaired) electrons. The minimum Gasteiger partial charge on any atom is -0.468 e. The van der Waals surface area contributed by atoms with Gasteiger partial charge in [0.05, 0.1) is 18.8 Å². The Morgan fingerprint density at radius 3 is 2.33 bits per heavy atom. The molecule has 2 N–H and O–H groups in total. The number of piperidine rings is 1. The fourth-order valence-corrected chi connectivity index (χ4v) is 13.5. The van der Waals surface area contributed by atoms with Crippen LogP contribution in [0.3, 0.4) is 0 Å². The van der Waals surface area contributed by atoms with Crippen molar-refractivity contribution in [3.63, 3.8) is 0 Å². The Morgan fingerprint density at radius 1 is 0.962 bits per heavy atom. The molecule has 6 rings (SSSR count). The van der Waals surface area contributed by atoms with Gasteiger partial charge in [-0.25, -0.2) is 4.39 Å². The second-order valence-corrected chi connectivity index (χ2v) is 21.8. The van der Waals surface area contributed by atoms with E-state index in [2.05, 4.69) is 58.0 Å². The van der Waals surface area contributed by atoms with Crippen molar-refractivity contribution in [1.82, 2.24) is 9.97 Å². The Hall–Kier alpha value is -3.75. The van der Waals surface area contributed by atoms with Gasteiger partial charge in [-0.05, 0) is 84.4 Å². The number of aliphatic hydroxyl groups excluding tert-OH is 1. The first-order valence-electron chi connectivity index (χ1n) is 18.7. The molecule has 0 bridgehead atoms. The van der Waals surface area contributed by atoms with E-state index in [4.69, 9.17) is 19.2 Å². The minimum absolute atomic E-state index is 0.00976. The Morgan fingerprint density at radius 2 is 1.69 bits per heavy atom. The van der Waals surface area contributed by atoms with E-state index in [0.29, 0.717) is 64.2 Å². The third-order valence-electron chi connectivity index (χ3n) is 11.4. The number of hydrogen-bond donors (Lipinski definition) is 2. The fraction of sp³-hybridized carbons (Fsp3) is 0.524. The van der Waals surface area contributed by atoms with E-state index in [1.54, 1.807) is 13.2 Å². The molecule has 1 aliphatic heterocycles. The maximum absolute atomic E-state index is 17.4. The number of rotatable bonds is 12. The van der Waals surface area contributed by atoms with Gasteiger partial charge in [0, 0.05) is 47.5 Å². The number of aromatic nitrogens is 2. The molecule has 0 unspecified atom stereocenters. The number of methoxy groups -OCH3 is 1. The molecule has 278 valence electrons. The Bertz CT molecular complexity index is 1980. The van der Waals surface area contributed by atoms with Crippen LogP contribution in [0.15, 0.2) is 42.5 Å². The Kier molecular flexibility index (Phi) is 10.9. The summed E-state index contributed by atoms with van der Waals surface area (Å²) in [6, 6.07) is 13.5. The lowest BCUT2D eigenvalue weighted by atomic mass is 9.93.